The quantitative estimate of drug-likeness (QED) is 0.342. The molecule has 3 aliphatic rings. The van der Waals surface area contributed by atoms with E-state index in [0.29, 0.717) is 5.92 Å². The van der Waals surface area contributed by atoms with E-state index < -0.39 is 0 Å². The molecule has 0 aliphatic heterocycles. The number of rotatable bonds is 6. The van der Waals surface area contributed by atoms with Crippen LogP contribution in [0.4, 0.5) is 5.69 Å². The van der Waals surface area contributed by atoms with Gasteiger partial charge in [-0.2, -0.15) is 0 Å². The minimum atomic E-state index is -0.105. The third kappa shape index (κ3) is 4.66. The van der Waals surface area contributed by atoms with E-state index in [1.807, 2.05) is 12.1 Å². The summed E-state index contributed by atoms with van der Waals surface area (Å²) in [7, 11) is 0. The van der Waals surface area contributed by atoms with Crippen molar-refractivity contribution in [3.8, 4) is 11.1 Å². The molecule has 0 amide bonds. The van der Waals surface area contributed by atoms with Crippen molar-refractivity contribution < 1.29 is 4.79 Å². The molecule has 6 rings (SSSR count). The Labute approximate surface area is 219 Å². The molecule has 4 atom stereocenters. The Bertz CT molecular complexity index is 1310. The Morgan fingerprint density at radius 3 is 2.67 bits per heavy atom. The van der Waals surface area contributed by atoms with Crippen LogP contribution in [0.2, 0.25) is 5.02 Å². The average molecular weight is 502 g/mol. The van der Waals surface area contributed by atoms with Gasteiger partial charge in [-0.3, -0.25) is 9.78 Å². The molecule has 1 heterocycles. The summed E-state index contributed by atoms with van der Waals surface area (Å²) in [6.07, 6.45) is 10.6. The van der Waals surface area contributed by atoms with E-state index >= 15 is 0 Å². The van der Waals surface area contributed by atoms with Crippen LogP contribution in [0, 0.1) is 24.7 Å². The number of halogens is 1. The summed E-state index contributed by atoms with van der Waals surface area (Å²) in [6, 6.07) is 12.7. The van der Waals surface area contributed by atoms with Crippen LogP contribution in [0.3, 0.4) is 0 Å². The number of benzene rings is 2. The maximum atomic E-state index is 13.4. The first-order valence-electron chi connectivity index (χ1n) is 13.6. The number of aryl methyl sites for hydroxylation is 1. The molecule has 4 nitrogen and oxygen atoms in total. The first kappa shape index (κ1) is 23.9. The highest BCUT2D eigenvalue weighted by molar-refractivity contribution is 6.31. The molecule has 2 bridgehead atoms. The fraction of sp³-hybridized carbons (Fsp3) is 0.484. The zero-order valence-corrected chi connectivity index (χ0v) is 22.1. The molecule has 2 aromatic carbocycles. The molecule has 1 aromatic heterocycles. The molecular weight excluding hydrogens is 466 g/mol. The highest BCUT2D eigenvalue weighted by atomic mass is 35.5. The number of nitrogens with two attached hydrogens (primary N) is 1. The zero-order valence-electron chi connectivity index (χ0n) is 21.3. The molecule has 3 N–H and O–H groups in total. The number of ketones is 1. The van der Waals surface area contributed by atoms with Crippen LogP contribution < -0.4 is 11.1 Å². The van der Waals surface area contributed by atoms with E-state index in [4.69, 9.17) is 22.3 Å². The van der Waals surface area contributed by atoms with E-state index in [0.717, 1.165) is 88.3 Å². The summed E-state index contributed by atoms with van der Waals surface area (Å²) in [5.74, 6) is 1.76. The summed E-state index contributed by atoms with van der Waals surface area (Å²) in [6.45, 7) is 4.35. The lowest BCUT2D eigenvalue weighted by molar-refractivity contribution is 0.0965. The Morgan fingerprint density at radius 2 is 1.94 bits per heavy atom. The van der Waals surface area contributed by atoms with Crippen LogP contribution >= 0.6 is 11.6 Å². The first-order chi connectivity index (χ1) is 17.3. The van der Waals surface area contributed by atoms with Gasteiger partial charge in [-0.15, -0.1) is 0 Å². The zero-order chi connectivity index (χ0) is 25.0. The van der Waals surface area contributed by atoms with Crippen molar-refractivity contribution in [3.63, 3.8) is 0 Å². The normalized spacial score (nSPS) is 27.7. The van der Waals surface area contributed by atoms with Crippen LogP contribution in [0.15, 0.2) is 42.6 Å². The number of nitrogens with one attached hydrogen (secondary N) is 1. The Morgan fingerprint density at radius 1 is 1.11 bits per heavy atom. The average Bonchev–Trinajstić information content (AvgIpc) is 3.67. The third-order valence-electron chi connectivity index (χ3n) is 8.71. The lowest BCUT2D eigenvalue weighted by atomic mass is 9.62. The molecule has 3 fully saturated rings. The number of nitrogens with zero attached hydrogens (tertiary/aromatic N) is 1. The van der Waals surface area contributed by atoms with Crippen molar-refractivity contribution in [2.45, 2.75) is 76.8 Å². The van der Waals surface area contributed by atoms with Gasteiger partial charge in [0.15, 0.2) is 5.78 Å². The SMILES string of the molecule is CCC1CC2CC(Nc3c(C(=O)C4CC4)cnc4ccc(-c5cc(C)cc(Cl)c5)cc34)CC(N)(C1)C2. The lowest BCUT2D eigenvalue weighted by Crippen LogP contribution is -2.54. The Balaban J connectivity index is 1.41. The lowest BCUT2D eigenvalue weighted by Gasteiger charge is -2.49. The fourth-order valence-corrected chi connectivity index (χ4v) is 7.29. The van der Waals surface area contributed by atoms with Crippen LogP contribution in [-0.4, -0.2) is 22.3 Å². The van der Waals surface area contributed by atoms with Gasteiger partial charge in [0.25, 0.3) is 0 Å². The minimum Gasteiger partial charge on any atom is -0.381 e. The van der Waals surface area contributed by atoms with Crippen molar-refractivity contribution >= 4 is 34.0 Å². The van der Waals surface area contributed by atoms with E-state index in [-0.39, 0.29) is 23.3 Å². The van der Waals surface area contributed by atoms with Gasteiger partial charge >= 0.3 is 0 Å². The molecule has 3 aliphatic carbocycles. The van der Waals surface area contributed by atoms with E-state index in [1.165, 1.54) is 12.8 Å². The highest BCUT2D eigenvalue weighted by Gasteiger charge is 2.44. The van der Waals surface area contributed by atoms with Crippen LogP contribution in [0.5, 0.6) is 0 Å². The van der Waals surface area contributed by atoms with Crippen LogP contribution in [-0.2, 0) is 0 Å². The largest absolute Gasteiger partial charge is 0.381 e. The topological polar surface area (TPSA) is 68.0 Å². The van der Waals surface area contributed by atoms with Crippen molar-refractivity contribution in [1.29, 1.82) is 0 Å². The van der Waals surface area contributed by atoms with Crippen molar-refractivity contribution in [1.82, 2.24) is 4.98 Å². The molecule has 5 heteroatoms. The molecule has 3 aromatic rings. The summed E-state index contributed by atoms with van der Waals surface area (Å²) in [5, 5.41) is 5.61. The maximum absolute atomic E-state index is 13.4. The number of carbonyl (C=O) groups excluding carboxylic acids is 1. The van der Waals surface area contributed by atoms with E-state index in [1.54, 1.807) is 6.20 Å². The van der Waals surface area contributed by atoms with Gasteiger partial charge in [0.2, 0.25) is 0 Å². The predicted molar refractivity (Wildman–Crippen MR) is 149 cm³/mol. The second kappa shape index (κ2) is 9.15. The predicted octanol–water partition coefficient (Wildman–Crippen LogP) is 7.55. The number of Topliss-reactive ketones (excluding diaryl/α,β-unsaturated/α-hetero) is 1. The second-order valence-electron chi connectivity index (χ2n) is 11.9. The summed E-state index contributed by atoms with van der Waals surface area (Å²) >= 11 is 6.39. The van der Waals surface area contributed by atoms with Gasteiger partial charge in [-0.25, -0.2) is 0 Å². The van der Waals surface area contributed by atoms with Gasteiger partial charge in [0.1, 0.15) is 0 Å². The molecule has 0 radical (unpaired) electrons. The van der Waals surface area contributed by atoms with Crippen molar-refractivity contribution in [3.05, 3.63) is 58.7 Å². The Kier molecular flexibility index (Phi) is 6.08. The Hall–Kier alpha value is -2.43. The number of fused-ring (bicyclic) bond motifs is 3. The van der Waals surface area contributed by atoms with Gasteiger partial charge in [0.05, 0.1) is 16.8 Å². The van der Waals surface area contributed by atoms with E-state index in [9.17, 15) is 4.79 Å². The first-order valence-corrected chi connectivity index (χ1v) is 14.0. The van der Waals surface area contributed by atoms with Crippen molar-refractivity contribution in [2.75, 3.05) is 5.32 Å². The summed E-state index contributed by atoms with van der Waals surface area (Å²) < 4.78 is 0. The van der Waals surface area contributed by atoms with Gasteiger partial charge in [-0.05, 0) is 105 Å². The highest BCUT2D eigenvalue weighted by Crippen LogP contribution is 2.46. The fourth-order valence-electron chi connectivity index (χ4n) is 7.00. The van der Waals surface area contributed by atoms with Crippen LogP contribution in [0.25, 0.3) is 22.0 Å². The van der Waals surface area contributed by atoms with E-state index in [2.05, 4.69) is 43.4 Å². The molecule has 36 heavy (non-hydrogen) atoms. The number of hydrogen-bond acceptors (Lipinski definition) is 4. The standard InChI is InChI=1S/C31H36ClN3O/c1-3-19-10-20-11-25(16-31(33,14-19)15-20)35-29-26-13-22(23-8-18(2)9-24(32)12-23)6-7-28(26)34-17-27(29)30(36)21-4-5-21/h6-9,12-13,17,19-21,25H,3-5,10-11,14-16,33H2,1-2H3,(H,34,35). The van der Waals surface area contributed by atoms with Crippen molar-refractivity contribution in [2.24, 2.45) is 23.5 Å². The number of pyridine rings is 1. The number of carbonyl (C=O) groups is 1. The molecule has 0 spiro atoms. The monoisotopic (exact) mass is 501 g/mol. The van der Waals surface area contributed by atoms with Gasteiger partial charge in [0, 0.05) is 34.1 Å². The molecular formula is C31H36ClN3O. The number of anilines is 1. The third-order valence-corrected chi connectivity index (χ3v) is 8.93. The molecule has 3 saturated carbocycles. The number of aromatic nitrogens is 1. The molecule has 188 valence electrons. The summed E-state index contributed by atoms with van der Waals surface area (Å²) in [5.41, 5.74) is 12.7. The smallest absolute Gasteiger partial charge is 0.169 e. The maximum Gasteiger partial charge on any atom is 0.169 e. The van der Waals surface area contributed by atoms with Crippen LogP contribution in [0.1, 0.15) is 74.2 Å². The molecule has 4 unspecified atom stereocenters. The minimum absolute atomic E-state index is 0.105. The second-order valence-corrected chi connectivity index (χ2v) is 12.3. The summed E-state index contributed by atoms with van der Waals surface area (Å²) in [4.78, 5) is 18.1. The van der Waals surface area contributed by atoms with Gasteiger partial charge < -0.3 is 11.1 Å². The van der Waals surface area contributed by atoms with Gasteiger partial charge in [-0.1, -0.05) is 37.1 Å². The molecule has 0 saturated heterocycles. The number of hydrogen-bond donors (Lipinski definition) is 2.